The van der Waals surface area contributed by atoms with Gasteiger partial charge in [0.2, 0.25) is 0 Å². The molecule has 0 radical (unpaired) electrons. The maximum atomic E-state index is 5.36. The van der Waals surface area contributed by atoms with Crippen LogP contribution in [0.5, 0.6) is 0 Å². The van der Waals surface area contributed by atoms with E-state index in [9.17, 15) is 0 Å². The van der Waals surface area contributed by atoms with Gasteiger partial charge in [-0.3, -0.25) is 4.99 Å². The van der Waals surface area contributed by atoms with Crippen molar-refractivity contribution >= 4 is 5.96 Å². The van der Waals surface area contributed by atoms with Crippen molar-refractivity contribution in [3.63, 3.8) is 0 Å². The summed E-state index contributed by atoms with van der Waals surface area (Å²) in [4.78, 5) is 4.20. The van der Waals surface area contributed by atoms with Crippen molar-refractivity contribution in [2.45, 2.75) is 32.9 Å². The number of methoxy groups -OCH3 is 1. The molecule has 4 nitrogen and oxygen atoms in total. The molecule has 0 aliphatic carbocycles. The van der Waals surface area contributed by atoms with Crippen molar-refractivity contribution in [2.75, 3.05) is 20.7 Å². The van der Waals surface area contributed by atoms with Crippen LogP contribution in [0, 0.1) is 6.92 Å². The molecule has 0 aliphatic rings. The fourth-order valence-electron chi connectivity index (χ4n) is 1.48. The monoisotopic (exact) mass is 263 g/mol. The van der Waals surface area contributed by atoms with Crippen LogP contribution in [0.25, 0.3) is 0 Å². The third kappa shape index (κ3) is 5.75. The summed E-state index contributed by atoms with van der Waals surface area (Å²) < 4.78 is 5.36. The highest BCUT2D eigenvalue weighted by Crippen LogP contribution is 2.05. The van der Waals surface area contributed by atoms with Crippen molar-refractivity contribution < 1.29 is 4.74 Å². The molecule has 19 heavy (non-hydrogen) atoms. The molecule has 106 valence electrons. The van der Waals surface area contributed by atoms with Gasteiger partial charge in [-0.05, 0) is 26.3 Å². The van der Waals surface area contributed by atoms with E-state index < -0.39 is 0 Å². The Morgan fingerprint density at radius 1 is 1.21 bits per heavy atom. The van der Waals surface area contributed by atoms with E-state index >= 15 is 0 Å². The molecule has 1 aromatic carbocycles. The van der Waals surface area contributed by atoms with Crippen LogP contribution in [-0.2, 0) is 11.3 Å². The first-order valence-corrected chi connectivity index (χ1v) is 6.52. The van der Waals surface area contributed by atoms with Gasteiger partial charge >= 0.3 is 0 Å². The maximum absolute atomic E-state index is 5.36. The number of hydrogen-bond acceptors (Lipinski definition) is 2. The lowest BCUT2D eigenvalue weighted by Crippen LogP contribution is -2.45. The van der Waals surface area contributed by atoms with Crippen LogP contribution >= 0.6 is 0 Å². The Morgan fingerprint density at radius 3 is 2.37 bits per heavy atom. The van der Waals surface area contributed by atoms with Gasteiger partial charge in [0.1, 0.15) is 0 Å². The fraction of sp³-hybridized carbons (Fsp3) is 0.533. The highest BCUT2D eigenvalue weighted by molar-refractivity contribution is 5.79. The second-order valence-corrected chi connectivity index (χ2v) is 5.23. The van der Waals surface area contributed by atoms with E-state index in [1.165, 1.54) is 11.1 Å². The molecule has 0 aromatic heterocycles. The Hall–Kier alpha value is -1.55. The zero-order chi connectivity index (χ0) is 14.3. The van der Waals surface area contributed by atoms with E-state index in [0.29, 0.717) is 6.54 Å². The molecular weight excluding hydrogens is 238 g/mol. The van der Waals surface area contributed by atoms with Gasteiger partial charge in [0, 0.05) is 27.2 Å². The van der Waals surface area contributed by atoms with Crippen LogP contribution in [0.2, 0.25) is 0 Å². The molecule has 1 aromatic rings. The fourth-order valence-corrected chi connectivity index (χ4v) is 1.48. The van der Waals surface area contributed by atoms with Gasteiger partial charge in [-0.15, -0.1) is 0 Å². The largest absolute Gasteiger partial charge is 0.377 e. The summed E-state index contributed by atoms with van der Waals surface area (Å²) in [5.41, 5.74) is 2.30. The molecule has 0 unspecified atom stereocenters. The molecule has 0 heterocycles. The molecule has 0 bridgehead atoms. The molecule has 0 fully saturated rings. The lowest BCUT2D eigenvalue weighted by molar-refractivity contribution is 0.0268. The van der Waals surface area contributed by atoms with Gasteiger partial charge < -0.3 is 15.4 Å². The third-order valence-corrected chi connectivity index (χ3v) is 3.04. The Bertz CT molecular complexity index is 410. The molecule has 0 saturated heterocycles. The Morgan fingerprint density at radius 2 is 1.84 bits per heavy atom. The quantitative estimate of drug-likeness (QED) is 0.631. The van der Waals surface area contributed by atoms with E-state index in [1.807, 2.05) is 13.8 Å². The average molecular weight is 263 g/mol. The number of aliphatic imine (C=N–C) groups is 1. The summed E-state index contributed by atoms with van der Waals surface area (Å²) in [5, 5.41) is 6.54. The van der Waals surface area contributed by atoms with Crippen LogP contribution in [-0.4, -0.2) is 32.3 Å². The number of aryl methyl sites for hydroxylation is 1. The smallest absolute Gasteiger partial charge is 0.191 e. The second kappa shape index (κ2) is 7.14. The Kier molecular flexibility index (Phi) is 5.83. The average Bonchev–Trinajstić information content (AvgIpc) is 2.41. The molecule has 0 amide bonds. The number of benzene rings is 1. The number of rotatable bonds is 5. The summed E-state index contributed by atoms with van der Waals surface area (Å²) in [5.74, 6) is 0.783. The lowest BCUT2D eigenvalue weighted by atomic mass is 10.1. The predicted molar refractivity (Wildman–Crippen MR) is 80.5 cm³/mol. The zero-order valence-electron chi connectivity index (χ0n) is 12.6. The minimum absolute atomic E-state index is 0.207. The molecular formula is C15H25N3O. The standard InChI is InChI=1S/C15H25N3O/c1-12-6-8-13(9-7-12)10-17-14(16-4)18-11-15(2,3)19-5/h6-9H,10-11H2,1-5H3,(H2,16,17,18). The highest BCUT2D eigenvalue weighted by atomic mass is 16.5. The van der Waals surface area contributed by atoms with Crippen molar-refractivity contribution in [1.82, 2.24) is 10.6 Å². The van der Waals surface area contributed by atoms with Gasteiger partial charge in [0.25, 0.3) is 0 Å². The van der Waals surface area contributed by atoms with Crippen molar-refractivity contribution in [2.24, 2.45) is 4.99 Å². The van der Waals surface area contributed by atoms with Crippen LogP contribution in [0.4, 0.5) is 0 Å². The second-order valence-electron chi connectivity index (χ2n) is 5.23. The Balaban J connectivity index is 2.43. The van der Waals surface area contributed by atoms with Gasteiger partial charge in [0.05, 0.1) is 5.60 Å². The predicted octanol–water partition coefficient (Wildman–Crippen LogP) is 2.09. The molecule has 1 rings (SSSR count). The summed E-state index contributed by atoms with van der Waals surface area (Å²) in [6.45, 7) is 7.62. The van der Waals surface area contributed by atoms with Crippen molar-refractivity contribution in [1.29, 1.82) is 0 Å². The minimum Gasteiger partial charge on any atom is -0.377 e. The maximum Gasteiger partial charge on any atom is 0.191 e. The first-order valence-electron chi connectivity index (χ1n) is 6.52. The number of nitrogens with zero attached hydrogens (tertiary/aromatic N) is 1. The zero-order valence-corrected chi connectivity index (χ0v) is 12.6. The van der Waals surface area contributed by atoms with Crippen LogP contribution < -0.4 is 10.6 Å². The number of nitrogens with one attached hydrogen (secondary N) is 2. The third-order valence-electron chi connectivity index (χ3n) is 3.04. The summed E-state index contributed by atoms with van der Waals surface area (Å²) in [6.07, 6.45) is 0. The van der Waals surface area contributed by atoms with Crippen LogP contribution in [0.15, 0.2) is 29.3 Å². The van der Waals surface area contributed by atoms with Crippen molar-refractivity contribution in [3.8, 4) is 0 Å². The normalized spacial score (nSPS) is 12.4. The summed E-state index contributed by atoms with van der Waals surface area (Å²) >= 11 is 0. The van der Waals surface area contributed by atoms with Crippen LogP contribution in [0.1, 0.15) is 25.0 Å². The number of guanidine groups is 1. The molecule has 4 heteroatoms. The first kappa shape index (κ1) is 15.5. The number of ether oxygens (including phenoxy) is 1. The van der Waals surface area contributed by atoms with E-state index in [-0.39, 0.29) is 5.60 Å². The van der Waals surface area contributed by atoms with Crippen molar-refractivity contribution in [3.05, 3.63) is 35.4 Å². The van der Waals surface area contributed by atoms with Gasteiger partial charge in [0.15, 0.2) is 5.96 Å². The van der Waals surface area contributed by atoms with Gasteiger partial charge in [-0.25, -0.2) is 0 Å². The SMILES string of the molecule is CN=C(NCc1ccc(C)cc1)NCC(C)(C)OC. The highest BCUT2D eigenvalue weighted by Gasteiger charge is 2.16. The van der Waals surface area contributed by atoms with Gasteiger partial charge in [-0.2, -0.15) is 0 Å². The topological polar surface area (TPSA) is 45.7 Å². The number of hydrogen-bond donors (Lipinski definition) is 2. The van der Waals surface area contributed by atoms with E-state index in [0.717, 1.165) is 12.5 Å². The first-order chi connectivity index (χ1) is 8.96. The molecule has 0 atom stereocenters. The molecule has 2 N–H and O–H groups in total. The van der Waals surface area contributed by atoms with E-state index in [4.69, 9.17) is 4.74 Å². The van der Waals surface area contributed by atoms with Gasteiger partial charge in [-0.1, -0.05) is 29.8 Å². The molecule has 0 aliphatic heterocycles. The van der Waals surface area contributed by atoms with E-state index in [2.05, 4.69) is 46.8 Å². The summed E-state index contributed by atoms with van der Waals surface area (Å²) in [6, 6.07) is 8.46. The lowest BCUT2D eigenvalue weighted by Gasteiger charge is -2.24. The minimum atomic E-state index is -0.207. The summed E-state index contributed by atoms with van der Waals surface area (Å²) in [7, 11) is 3.48. The van der Waals surface area contributed by atoms with Crippen LogP contribution in [0.3, 0.4) is 0 Å². The molecule has 0 spiro atoms. The van der Waals surface area contributed by atoms with E-state index in [1.54, 1.807) is 14.2 Å². The molecule has 0 saturated carbocycles. The Labute approximate surface area is 116 Å².